The van der Waals surface area contributed by atoms with Crippen LogP contribution in [0.4, 0.5) is 13.2 Å². The molecule has 0 amide bonds. The lowest BCUT2D eigenvalue weighted by Crippen LogP contribution is -2.42. The third-order valence-electron chi connectivity index (χ3n) is 4.05. The monoisotopic (exact) mass is 357 g/mol. The molecular formula is C17H22F3N3O2. The van der Waals surface area contributed by atoms with Gasteiger partial charge in [0.25, 0.3) is 0 Å². The van der Waals surface area contributed by atoms with E-state index in [9.17, 15) is 18.0 Å². The predicted octanol–water partition coefficient (Wildman–Crippen LogP) is 3.16. The highest BCUT2D eigenvalue weighted by atomic mass is 19.4. The number of rotatable bonds is 7. The van der Waals surface area contributed by atoms with E-state index >= 15 is 0 Å². The largest absolute Gasteiger partial charge is 0.464 e. The predicted molar refractivity (Wildman–Crippen MR) is 88.2 cm³/mol. The van der Waals surface area contributed by atoms with Gasteiger partial charge in [0, 0.05) is 6.54 Å². The number of imidazole rings is 1. The maximum Gasteiger partial charge on any atom is 0.401 e. The van der Waals surface area contributed by atoms with Crippen LogP contribution in [0.25, 0.3) is 11.0 Å². The topological polar surface area (TPSA) is 47.4 Å². The smallest absolute Gasteiger partial charge is 0.401 e. The van der Waals surface area contributed by atoms with Gasteiger partial charge in [0.05, 0.1) is 24.2 Å². The minimum Gasteiger partial charge on any atom is -0.464 e. The molecule has 1 heterocycles. The van der Waals surface area contributed by atoms with Gasteiger partial charge in [-0.3, -0.25) is 9.69 Å². The van der Waals surface area contributed by atoms with Crippen molar-refractivity contribution in [3.8, 4) is 0 Å². The van der Waals surface area contributed by atoms with Crippen molar-refractivity contribution >= 4 is 17.0 Å². The number of likely N-dealkylation sites (N-methyl/N-ethyl adjacent to an activating group) is 1. The zero-order chi connectivity index (χ0) is 18.6. The van der Waals surface area contributed by atoms with E-state index in [1.165, 1.54) is 14.0 Å². The maximum absolute atomic E-state index is 12.4. The van der Waals surface area contributed by atoms with Gasteiger partial charge in [-0.15, -0.1) is 0 Å². The average molecular weight is 357 g/mol. The van der Waals surface area contributed by atoms with Gasteiger partial charge in [0.15, 0.2) is 0 Å². The number of carbonyl (C=O) groups excluding carboxylic acids is 1. The first-order valence-corrected chi connectivity index (χ1v) is 8.04. The molecule has 5 nitrogen and oxygen atoms in total. The van der Waals surface area contributed by atoms with E-state index in [2.05, 4.69) is 4.98 Å². The fraction of sp³-hybridized carbons (Fsp3) is 0.529. The van der Waals surface area contributed by atoms with Crippen LogP contribution < -0.4 is 0 Å². The van der Waals surface area contributed by atoms with Crippen LogP contribution >= 0.6 is 0 Å². The van der Waals surface area contributed by atoms with Crippen molar-refractivity contribution in [1.82, 2.24) is 14.5 Å². The molecule has 0 bridgehead atoms. The van der Waals surface area contributed by atoms with Crippen molar-refractivity contribution in [3.63, 3.8) is 0 Å². The second-order valence-electron chi connectivity index (χ2n) is 6.03. The highest BCUT2D eigenvalue weighted by Crippen LogP contribution is 2.18. The molecule has 1 aromatic carbocycles. The molecule has 0 radical (unpaired) electrons. The normalized spacial score (nSPS) is 13.4. The number of alkyl halides is 3. The molecule has 138 valence electrons. The number of hydrogen-bond acceptors (Lipinski definition) is 4. The molecule has 0 aliphatic carbocycles. The zero-order valence-electron chi connectivity index (χ0n) is 14.5. The average Bonchev–Trinajstić information content (AvgIpc) is 2.84. The van der Waals surface area contributed by atoms with Crippen LogP contribution in [-0.4, -0.2) is 52.8 Å². The summed E-state index contributed by atoms with van der Waals surface area (Å²) in [6.45, 7) is 2.92. The lowest BCUT2D eigenvalue weighted by molar-refractivity contribution is -0.161. The van der Waals surface area contributed by atoms with Gasteiger partial charge >= 0.3 is 12.1 Å². The number of benzene rings is 1. The van der Waals surface area contributed by atoms with Crippen LogP contribution in [-0.2, 0) is 16.1 Å². The van der Waals surface area contributed by atoms with Crippen molar-refractivity contribution < 1.29 is 22.7 Å². The molecule has 1 unspecified atom stereocenters. The van der Waals surface area contributed by atoms with E-state index in [0.29, 0.717) is 13.0 Å². The lowest BCUT2D eigenvalue weighted by atomic mass is 10.3. The number of aryl methyl sites for hydroxylation is 2. The van der Waals surface area contributed by atoms with Crippen molar-refractivity contribution in [2.45, 2.75) is 39.0 Å². The summed E-state index contributed by atoms with van der Waals surface area (Å²) in [6, 6.07) is 6.79. The van der Waals surface area contributed by atoms with Gasteiger partial charge in [0.2, 0.25) is 0 Å². The Labute approximate surface area is 144 Å². The third-order valence-corrected chi connectivity index (χ3v) is 4.05. The maximum atomic E-state index is 12.4. The summed E-state index contributed by atoms with van der Waals surface area (Å²) in [5.74, 6) is 0.213. The zero-order valence-corrected chi connectivity index (χ0v) is 14.5. The van der Waals surface area contributed by atoms with E-state index in [-0.39, 0.29) is 6.61 Å². The summed E-state index contributed by atoms with van der Waals surface area (Å²) in [4.78, 5) is 17.2. The highest BCUT2D eigenvalue weighted by Gasteiger charge is 2.33. The molecule has 0 spiro atoms. The van der Waals surface area contributed by atoms with Crippen molar-refractivity contribution in [2.75, 3.05) is 20.2 Å². The molecular weight excluding hydrogens is 335 g/mol. The summed E-state index contributed by atoms with van der Waals surface area (Å²) in [5, 5.41) is 0. The van der Waals surface area contributed by atoms with Gasteiger partial charge in [0.1, 0.15) is 11.9 Å². The molecule has 0 fully saturated rings. The molecule has 25 heavy (non-hydrogen) atoms. The first kappa shape index (κ1) is 19.2. The number of esters is 1. The Morgan fingerprint density at radius 3 is 2.72 bits per heavy atom. The van der Waals surface area contributed by atoms with E-state index in [1.54, 1.807) is 0 Å². The van der Waals surface area contributed by atoms with Crippen LogP contribution in [0.1, 0.15) is 19.2 Å². The van der Waals surface area contributed by atoms with Crippen LogP contribution in [0, 0.1) is 6.92 Å². The summed E-state index contributed by atoms with van der Waals surface area (Å²) in [7, 11) is 1.25. The van der Waals surface area contributed by atoms with E-state index in [4.69, 9.17) is 4.74 Å². The Kier molecular flexibility index (Phi) is 6.05. The molecule has 2 rings (SSSR count). The molecule has 0 aliphatic rings. The van der Waals surface area contributed by atoms with E-state index in [1.807, 2.05) is 35.8 Å². The fourth-order valence-corrected chi connectivity index (χ4v) is 2.59. The summed E-state index contributed by atoms with van der Waals surface area (Å²) < 4.78 is 44.2. The van der Waals surface area contributed by atoms with Crippen LogP contribution in [0.3, 0.4) is 0 Å². The Morgan fingerprint density at radius 2 is 2.04 bits per heavy atom. The van der Waals surface area contributed by atoms with E-state index in [0.717, 1.165) is 21.8 Å². The molecule has 2 aromatic rings. The fourth-order valence-electron chi connectivity index (χ4n) is 2.59. The second-order valence-corrected chi connectivity index (χ2v) is 6.03. The molecule has 1 aromatic heterocycles. The Bertz CT molecular complexity index is 727. The third kappa shape index (κ3) is 5.19. The van der Waals surface area contributed by atoms with Crippen molar-refractivity contribution in [2.24, 2.45) is 0 Å². The quantitative estimate of drug-likeness (QED) is 0.564. The van der Waals surface area contributed by atoms with Gasteiger partial charge in [-0.05, 0) is 39.4 Å². The lowest BCUT2D eigenvalue weighted by Gasteiger charge is -2.24. The standard InChI is InChI=1S/C17H22F3N3O2/c1-12(22(3)11-17(18,19)20)16(24)25-10-6-9-23-13(2)21-14-7-4-5-8-15(14)23/h4-5,7-8,12H,6,9-11H2,1-3H3. The minimum atomic E-state index is -4.34. The number of aromatic nitrogens is 2. The Morgan fingerprint density at radius 1 is 1.36 bits per heavy atom. The van der Waals surface area contributed by atoms with Crippen LogP contribution in [0.2, 0.25) is 0 Å². The van der Waals surface area contributed by atoms with Crippen molar-refractivity contribution in [1.29, 1.82) is 0 Å². The minimum absolute atomic E-state index is 0.148. The first-order valence-electron chi connectivity index (χ1n) is 8.04. The van der Waals surface area contributed by atoms with Crippen LogP contribution in [0.5, 0.6) is 0 Å². The van der Waals surface area contributed by atoms with Crippen LogP contribution in [0.15, 0.2) is 24.3 Å². The SMILES string of the molecule is Cc1nc2ccccc2n1CCCOC(=O)C(C)N(C)CC(F)(F)F. The van der Waals surface area contributed by atoms with Gasteiger partial charge in [-0.1, -0.05) is 12.1 Å². The first-order chi connectivity index (χ1) is 11.7. The second kappa shape index (κ2) is 7.86. The summed E-state index contributed by atoms with van der Waals surface area (Å²) in [6.07, 6.45) is -3.79. The molecule has 0 N–H and O–H groups in total. The van der Waals surface area contributed by atoms with Gasteiger partial charge in [-0.25, -0.2) is 4.98 Å². The Hall–Kier alpha value is -2.09. The number of fused-ring (bicyclic) bond motifs is 1. The number of hydrogen-bond donors (Lipinski definition) is 0. The highest BCUT2D eigenvalue weighted by molar-refractivity contribution is 5.76. The summed E-state index contributed by atoms with van der Waals surface area (Å²) >= 11 is 0. The number of carbonyl (C=O) groups is 1. The summed E-state index contributed by atoms with van der Waals surface area (Å²) in [5.41, 5.74) is 1.91. The number of nitrogens with zero attached hydrogens (tertiary/aromatic N) is 3. The molecule has 0 saturated carbocycles. The number of para-hydroxylation sites is 2. The van der Waals surface area contributed by atoms with Crippen molar-refractivity contribution in [3.05, 3.63) is 30.1 Å². The molecule has 1 atom stereocenters. The Balaban J connectivity index is 1.82. The van der Waals surface area contributed by atoms with Gasteiger partial charge < -0.3 is 9.30 Å². The molecule has 0 saturated heterocycles. The molecule has 0 aliphatic heterocycles. The number of halogens is 3. The van der Waals surface area contributed by atoms with Gasteiger partial charge in [-0.2, -0.15) is 13.2 Å². The number of ether oxygens (including phenoxy) is 1. The van der Waals surface area contributed by atoms with E-state index < -0.39 is 24.7 Å². The molecule has 8 heteroatoms.